The van der Waals surface area contributed by atoms with E-state index in [-0.39, 0.29) is 0 Å². The third-order valence-corrected chi connectivity index (χ3v) is 5.24. The lowest BCUT2D eigenvalue weighted by molar-refractivity contribution is 0.0702. The SMILES string of the molecule is O=C(O)c1cc(SCC2COc3ccccc32)cs1. The standard InChI is InChI=1S/C14H12O3S2/c15-14(16)13-5-10(8-19-13)18-7-9-6-17-12-4-2-1-3-11(9)12/h1-5,8-9H,6-7H2,(H,15,16). The lowest BCUT2D eigenvalue weighted by atomic mass is 10.0. The molecule has 1 aliphatic rings. The van der Waals surface area contributed by atoms with Crippen LogP contribution < -0.4 is 4.74 Å². The maximum absolute atomic E-state index is 10.8. The third kappa shape index (κ3) is 2.62. The van der Waals surface area contributed by atoms with Gasteiger partial charge in [0.05, 0.1) is 6.61 Å². The second kappa shape index (κ2) is 5.27. The Balaban J connectivity index is 1.65. The molecule has 1 N–H and O–H groups in total. The van der Waals surface area contributed by atoms with E-state index in [9.17, 15) is 4.79 Å². The van der Waals surface area contributed by atoms with E-state index in [0.29, 0.717) is 17.4 Å². The van der Waals surface area contributed by atoms with E-state index in [1.165, 1.54) is 16.9 Å². The quantitative estimate of drug-likeness (QED) is 0.873. The van der Waals surface area contributed by atoms with Crippen LogP contribution in [0.3, 0.4) is 0 Å². The van der Waals surface area contributed by atoms with E-state index in [1.54, 1.807) is 17.8 Å². The number of ether oxygens (including phenoxy) is 1. The average molecular weight is 292 g/mol. The van der Waals surface area contributed by atoms with Gasteiger partial charge in [0.1, 0.15) is 10.6 Å². The number of carbonyl (C=O) groups is 1. The van der Waals surface area contributed by atoms with Gasteiger partial charge in [-0.15, -0.1) is 23.1 Å². The zero-order valence-corrected chi connectivity index (χ0v) is 11.7. The first-order chi connectivity index (χ1) is 9.24. The summed E-state index contributed by atoms with van der Waals surface area (Å²) in [5, 5.41) is 10.8. The summed E-state index contributed by atoms with van der Waals surface area (Å²) in [6.07, 6.45) is 0. The lowest BCUT2D eigenvalue weighted by Crippen LogP contribution is -2.03. The van der Waals surface area contributed by atoms with Gasteiger partial charge in [0.15, 0.2) is 0 Å². The Morgan fingerprint density at radius 3 is 3.11 bits per heavy atom. The number of para-hydroxylation sites is 1. The normalized spacial score (nSPS) is 16.9. The van der Waals surface area contributed by atoms with Crippen molar-refractivity contribution in [1.29, 1.82) is 0 Å². The topological polar surface area (TPSA) is 46.5 Å². The molecule has 0 fully saturated rings. The van der Waals surface area contributed by atoms with Gasteiger partial charge < -0.3 is 9.84 Å². The third-order valence-electron chi connectivity index (χ3n) is 3.04. The molecule has 0 radical (unpaired) electrons. The van der Waals surface area contributed by atoms with E-state index in [4.69, 9.17) is 9.84 Å². The molecule has 1 unspecified atom stereocenters. The molecule has 98 valence electrons. The number of benzene rings is 1. The van der Waals surface area contributed by atoms with Crippen molar-refractivity contribution in [3.8, 4) is 5.75 Å². The fourth-order valence-electron chi connectivity index (χ4n) is 2.07. The Labute approximate surface area is 119 Å². The highest BCUT2D eigenvalue weighted by molar-refractivity contribution is 7.99. The molecule has 1 aromatic carbocycles. The Kier molecular flexibility index (Phi) is 3.48. The number of carboxylic acid groups (broad SMARTS) is 1. The van der Waals surface area contributed by atoms with E-state index in [2.05, 4.69) is 6.07 Å². The van der Waals surface area contributed by atoms with Gasteiger partial charge in [-0.3, -0.25) is 0 Å². The summed E-state index contributed by atoms with van der Waals surface area (Å²) in [6, 6.07) is 9.83. The molecule has 2 heterocycles. The first-order valence-electron chi connectivity index (χ1n) is 5.90. The van der Waals surface area contributed by atoms with Crippen LogP contribution in [0, 0.1) is 0 Å². The minimum Gasteiger partial charge on any atom is -0.493 e. The number of fused-ring (bicyclic) bond motifs is 1. The largest absolute Gasteiger partial charge is 0.493 e. The fourth-order valence-corrected chi connectivity index (χ4v) is 4.04. The number of hydrogen-bond donors (Lipinski definition) is 1. The van der Waals surface area contributed by atoms with Crippen molar-refractivity contribution in [2.75, 3.05) is 12.4 Å². The van der Waals surface area contributed by atoms with Gasteiger partial charge in [-0.25, -0.2) is 4.79 Å². The number of carboxylic acids is 1. The molecule has 1 atom stereocenters. The Hall–Kier alpha value is -1.46. The molecule has 1 aliphatic heterocycles. The van der Waals surface area contributed by atoms with Gasteiger partial charge in [-0.2, -0.15) is 0 Å². The van der Waals surface area contributed by atoms with E-state index in [1.807, 2.05) is 23.6 Å². The van der Waals surface area contributed by atoms with E-state index < -0.39 is 5.97 Å². The summed E-state index contributed by atoms with van der Waals surface area (Å²) in [6.45, 7) is 0.711. The van der Waals surface area contributed by atoms with Crippen LogP contribution in [0.5, 0.6) is 5.75 Å². The van der Waals surface area contributed by atoms with Gasteiger partial charge in [0.2, 0.25) is 0 Å². The molecule has 0 amide bonds. The maximum Gasteiger partial charge on any atom is 0.345 e. The number of rotatable bonds is 4. The molecule has 2 aromatic rings. The number of thiophene rings is 1. The zero-order valence-electron chi connectivity index (χ0n) is 10.0. The van der Waals surface area contributed by atoms with Crippen molar-refractivity contribution in [3.63, 3.8) is 0 Å². The van der Waals surface area contributed by atoms with Gasteiger partial charge in [0.25, 0.3) is 0 Å². The van der Waals surface area contributed by atoms with Crippen molar-refractivity contribution in [2.45, 2.75) is 10.8 Å². The van der Waals surface area contributed by atoms with Crippen LogP contribution in [0.4, 0.5) is 0 Å². The molecule has 19 heavy (non-hydrogen) atoms. The molecular formula is C14H12O3S2. The summed E-state index contributed by atoms with van der Waals surface area (Å²) in [5.74, 6) is 1.41. The van der Waals surface area contributed by atoms with Crippen molar-refractivity contribution < 1.29 is 14.6 Å². The number of thioether (sulfide) groups is 1. The van der Waals surface area contributed by atoms with Crippen LogP contribution in [0.1, 0.15) is 21.2 Å². The summed E-state index contributed by atoms with van der Waals surface area (Å²) in [4.78, 5) is 12.2. The molecule has 0 saturated heterocycles. The second-order valence-electron chi connectivity index (χ2n) is 4.31. The van der Waals surface area contributed by atoms with Gasteiger partial charge >= 0.3 is 5.97 Å². The molecule has 0 spiro atoms. The smallest absolute Gasteiger partial charge is 0.345 e. The highest BCUT2D eigenvalue weighted by atomic mass is 32.2. The fraction of sp³-hybridized carbons (Fsp3) is 0.214. The molecule has 1 aromatic heterocycles. The predicted octanol–water partition coefficient (Wildman–Crippen LogP) is 3.71. The van der Waals surface area contributed by atoms with Crippen molar-refractivity contribution in [3.05, 3.63) is 46.2 Å². The Bertz CT molecular complexity index is 606. The molecule has 0 aliphatic carbocycles. The molecule has 5 heteroatoms. The minimum absolute atomic E-state index is 0.384. The summed E-state index contributed by atoms with van der Waals surface area (Å²) >= 11 is 2.96. The molecule has 0 bridgehead atoms. The molecule has 0 saturated carbocycles. The lowest BCUT2D eigenvalue weighted by Gasteiger charge is -2.06. The van der Waals surface area contributed by atoms with Crippen molar-refractivity contribution in [1.82, 2.24) is 0 Å². The van der Waals surface area contributed by atoms with Crippen molar-refractivity contribution >= 4 is 29.1 Å². The number of aromatic carboxylic acids is 1. The van der Waals surface area contributed by atoms with Crippen LogP contribution in [0.2, 0.25) is 0 Å². The first-order valence-corrected chi connectivity index (χ1v) is 7.77. The van der Waals surface area contributed by atoms with Gasteiger partial charge in [-0.05, 0) is 12.1 Å². The first kappa shape index (κ1) is 12.6. The summed E-state index contributed by atoms with van der Waals surface area (Å²) < 4.78 is 5.64. The molecule has 3 rings (SSSR count). The van der Waals surface area contributed by atoms with Crippen LogP contribution in [0.15, 0.2) is 40.6 Å². The molecule has 3 nitrogen and oxygen atoms in total. The highest BCUT2D eigenvalue weighted by Crippen LogP contribution is 2.37. The van der Waals surface area contributed by atoms with Crippen molar-refractivity contribution in [2.24, 2.45) is 0 Å². The maximum atomic E-state index is 10.8. The van der Waals surface area contributed by atoms with E-state index >= 15 is 0 Å². The monoisotopic (exact) mass is 292 g/mol. The predicted molar refractivity (Wildman–Crippen MR) is 76.7 cm³/mol. The van der Waals surface area contributed by atoms with Gasteiger partial charge in [-0.1, -0.05) is 18.2 Å². The van der Waals surface area contributed by atoms with Crippen LogP contribution >= 0.6 is 23.1 Å². The summed E-state index contributed by atoms with van der Waals surface area (Å²) in [5.41, 5.74) is 1.25. The average Bonchev–Trinajstić information content (AvgIpc) is 3.03. The van der Waals surface area contributed by atoms with Crippen LogP contribution in [-0.4, -0.2) is 23.4 Å². The Morgan fingerprint density at radius 2 is 2.32 bits per heavy atom. The van der Waals surface area contributed by atoms with Crippen LogP contribution in [0.25, 0.3) is 0 Å². The van der Waals surface area contributed by atoms with Gasteiger partial charge in [0, 0.05) is 27.5 Å². The zero-order chi connectivity index (χ0) is 13.2. The second-order valence-corrected chi connectivity index (χ2v) is 6.31. The minimum atomic E-state index is -0.855. The highest BCUT2D eigenvalue weighted by Gasteiger charge is 2.23. The van der Waals surface area contributed by atoms with E-state index in [0.717, 1.165) is 16.4 Å². The molecular weight excluding hydrogens is 280 g/mol. The Morgan fingerprint density at radius 1 is 1.47 bits per heavy atom. The summed E-state index contributed by atoms with van der Waals surface area (Å²) in [7, 11) is 0. The number of hydrogen-bond acceptors (Lipinski definition) is 4. The van der Waals surface area contributed by atoms with Crippen LogP contribution in [-0.2, 0) is 0 Å².